The Morgan fingerprint density at radius 1 is 0.815 bits per heavy atom. The number of rotatable bonds is 9. The van der Waals surface area contributed by atoms with E-state index in [9.17, 15) is 19.2 Å². The molecule has 0 saturated carbocycles. The van der Waals surface area contributed by atoms with Crippen LogP contribution in [0.15, 0.2) is 24.3 Å². The van der Waals surface area contributed by atoms with Crippen molar-refractivity contribution in [2.75, 3.05) is 13.2 Å². The van der Waals surface area contributed by atoms with E-state index in [2.05, 4.69) is 9.47 Å². The third kappa shape index (κ3) is 14.3. The lowest BCUT2D eigenvalue weighted by molar-refractivity contribution is -0.149. The molecule has 27 heavy (non-hydrogen) atoms. The monoisotopic (exact) mass is 402 g/mol. The van der Waals surface area contributed by atoms with Crippen LogP contribution >= 0.6 is 11.6 Å². The van der Waals surface area contributed by atoms with Crippen LogP contribution in [-0.2, 0) is 28.7 Å². The smallest absolute Gasteiger partial charge is 0.311 e. The number of carboxylic acid groups (broad SMARTS) is 1. The number of hydrogen-bond acceptors (Lipinski definition) is 7. The van der Waals surface area contributed by atoms with Gasteiger partial charge in [0.15, 0.2) is 0 Å². The van der Waals surface area contributed by atoms with Crippen molar-refractivity contribution in [3.63, 3.8) is 0 Å². The Bertz CT molecular complexity index is 594. The molecule has 0 spiro atoms. The van der Waals surface area contributed by atoms with Crippen molar-refractivity contribution in [3.05, 3.63) is 29.3 Å². The van der Waals surface area contributed by atoms with Crippen LogP contribution in [0.1, 0.15) is 39.5 Å². The first-order valence-corrected chi connectivity index (χ1v) is 8.65. The Balaban J connectivity index is 0.000000516. The van der Waals surface area contributed by atoms with E-state index in [1.165, 1.54) is 0 Å². The van der Waals surface area contributed by atoms with Crippen molar-refractivity contribution in [2.45, 2.75) is 39.5 Å². The molecule has 0 aliphatic heterocycles. The van der Waals surface area contributed by atoms with Gasteiger partial charge in [-0.2, -0.15) is 0 Å². The second-order valence-corrected chi connectivity index (χ2v) is 5.37. The Morgan fingerprint density at radius 3 is 1.67 bits per heavy atom. The van der Waals surface area contributed by atoms with Crippen LogP contribution in [0.4, 0.5) is 0 Å². The Kier molecular flexibility index (Phi) is 13.1. The number of halogens is 1. The van der Waals surface area contributed by atoms with E-state index >= 15 is 0 Å². The van der Waals surface area contributed by atoms with Crippen LogP contribution in [0.25, 0.3) is 0 Å². The number of benzene rings is 1. The molecule has 0 aliphatic rings. The molecule has 0 fully saturated rings. The summed E-state index contributed by atoms with van der Waals surface area (Å²) in [6.07, 6.45) is -0.163. The minimum absolute atomic E-state index is 0.104. The predicted molar refractivity (Wildman–Crippen MR) is 96.5 cm³/mol. The van der Waals surface area contributed by atoms with Gasteiger partial charge in [-0.25, -0.2) is 0 Å². The van der Waals surface area contributed by atoms with E-state index in [4.69, 9.17) is 21.4 Å². The maximum absolute atomic E-state index is 11.1. The molecule has 0 saturated heterocycles. The van der Waals surface area contributed by atoms with Crippen molar-refractivity contribution in [3.8, 4) is 5.75 Å². The van der Waals surface area contributed by atoms with Gasteiger partial charge in [0, 0.05) is 5.02 Å². The summed E-state index contributed by atoms with van der Waals surface area (Å²) >= 11 is 5.63. The molecule has 0 aliphatic carbocycles. The Hall–Kier alpha value is -2.61. The molecule has 0 amide bonds. The summed E-state index contributed by atoms with van der Waals surface area (Å²) in [5.41, 5.74) is 0. The molecule has 150 valence electrons. The second-order valence-electron chi connectivity index (χ2n) is 4.93. The highest BCUT2D eigenvalue weighted by atomic mass is 35.5. The van der Waals surface area contributed by atoms with Gasteiger partial charge in [0.2, 0.25) is 0 Å². The van der Waals surface area contributed by atoms with Gasteiger partial charge in [-0.15, -0.1) is 0 Å². The van der Waals surface area contributed by atoms with Gasteiger partial charge in [0.1, 0.15) is 5.75 Å². The zero-order valence-electron chi connectivity index (χ0n) is 15.2. The minimum atomic E-state index is -1.02. The zero-order chi connectivity index (χ0) is 20.7. The zero-order valence-corrected chi connectivity index (χ0v) is 16.0. The van der Waals surface area contributed by atoms with E-state index in [0.717, 1.165) is 0 Å². The van der Waals surface area contributed by atoms with Gasteiger partial charge in [0.05, 0.1) is 38.9 Å². The SMILES string of the molecule is CCOC(=O)CCC(=O)OCC.O=C(O)CCC(=O)Oc1ccc(Cl)cc1. The van der Waals surface area contributed by atoms with E-state index in [1.54, 1.807) is 38.1 Å². The highest BCUT2D eigenvalue weighted by Crippen LogP contribution is 2.16. The maximum Gasteiger partial charge on any atom is 0.311 e. The summed E-state index contributed by atoms with van der Waals surface area (Å²) in [5.74, 6) is -1.95. The van der Waals surface area contributed by atoms with Gasteiger partial charge in [0.25, 0.3) is 0 Å². The van der Waals surface area contributed by atoms with Crippen molar-refractivity contribution in [1.82, 2.24) is 0 Å². The fraction of sp³-hybridized carbons (Fsp3) is 0.444. The average molecular weight is 403 g/mol. The molecule has 1 aromatic carbocycles. The van der Waals surface area contributed by atoms with Crippen molar-refractivity contribution >= 4 is 35.5 Å². The summed E-state index contributed by atoms with van der Waals surface area (Å²) in [6, 6.07) is 6.25. The summed E-state index contributed by atoms with van der Waals surface area (Å²) < 4.78 is 14.1. The number of aliphatic carboxylic acids is 1. The first-order chi connectivity index (χ1) is 12.8. The van der Waals surface area contributed by atoms with Crippen LogP contribution in [-0.4, -0.2) is 42.2 Å². The van der Waals surface area contributed by atoms with Gasteiger partial charge in [-0.3, -0.25) is 19.2 Å². The number of hydrogen-bond donors (Lipinski definition) is 1. The molecule has 0 unspecified atom stereocenters. The molecule has 0 aromatic heterocycles. The fourth-order valence-electron chi connectivity index (χ4n) is 1.56. The van der Waals surface area contributed by atoms with Crippen molar-refractivity contribution in [1.29, 1.82) is 0 Å². The lowest BCUT2D eigenvalue weighted by Gasteiger charge is -2.02. The first-order valence-electron chi connectivity index (χ1n) is 8.27. The number of carboxylic acids is 1. The fourth-order valence-corrected chi connectivity index (χ4v) is 1.69. The van der Waals surface area contributed by atoms with E-state index in [0.29, 0.717) is 24.0 Å². The predicted octanol–water partition coefficient (Wildman–Crippen LogP) is 3.00. The molecule has 0 heterocycles. The number of esters is 3. The number of ether oxygens (including phenoxy) is 3. The lowest BCUT2D eigenvalue weighted by atomic mass is 10.3. The topological polar surface area (TPSA) is 116 Å². The summed E-state index contributed by atoms with van der Waals surface area (Å²) in [4.78, 5) is 42.7. The Labute approximate surface area is 162 Å². The summed E-state index contributed by atoms with van der Waals surface area (Å²) in [7, 11) is 0. The normalized spacial score (nSPS) is 9.44. The third-order valence-electron chi connectivity index (χ3n) is 2.73. The van der Waals surface area contributed by atoms with Gasteiger partial charge in [-0.05, 0) is 38.1 Å². The Morgan fingerprint density at radius 2 is 1.26 bits per heavy atom. The van der Waals surface area contributed by atoms with Crippen LogP contribution in [0, 0.1) is 0 Å². The molecule has 0 radical (unpaired) electrons. The molecule has 1 aromatic rings. The van der Waals surface area contributed by atoms with Crippen molar-refractivity contribution < 1.29 is 38.5 Å². The van der Waals surface area contributed by atoms with Gasteiger partial charge >= 0.3 is 23.9 Å². The largest absolute Gasteiger partial charge is 0.481 e. The van der Waals surface area contributed by atoms with E-state index < -0.39 is 11.9 Å². The van der Waals surface area contributed by atoms with Crippen LogP contribution < -0.4 is 4.74 Å². The van der Waals surface area contributed by atoms with Gasteiger partial charge in [-0.1, -0.05) is 11.6 Å². The molecule has 9 heteroatoms. The third-order valence-corrected chi connectivity index (χ3v) is 2.98. The quantitative estimate of drug-likeness (QED) is 0.495. The summed E-state index contributed by atoms with van der Waals surface area (Å²) in [5, 5.41) is 8.88. The van der Waals surface area contributed by atoms with E-state index in [1.807, 2.05) is 0 Å². The standard InChI is InChI=1S/C10H9ClO4.C8H14O4/c11-7-1-3-8(4-2-7)15-10(14)6-5-9(12)13;1-3-11-7(9)5-6-8(10)12-4-2/h1-4H,5-6H2,(H,12,13);3-6H2,1-2H3. The first kappa shape index (κ1) is 24.4. The lowest BCUT2D eigenvalue weighted by Crippen LogP contribution is -2.10. The molecular formula is C18H23ClO8. The van der Waals surface area contributed by atoms with E-state index in [-0.39, 0.29) is 37.6 Å². The molecule has 0 atom stereocenters. The molecular weight excluding hydrogens is 380 g/mol. The van der Waals surface area contributed by atoms with Gasteiger partial charge < -0.3 is 19.3 Å². The van der Waals surface area contributed by atoms with Crippen LogP contribution in [0.3, 0.4) is 0 Å². The summed E-state index contributed by atoms with van der Waals surface area (Å²) in [6.45, 7) is 4.15. The number of carbonyl (C=O) groups is 4. The molecule has 0 bridgehead atoms. The maximum atomic E-state index is 11.1. The average Bonchev–Trinajstić information content (AvgIpc) is 2.61. The highest BCUT2D eigenvalue weighted by molar-refractivity contribution is 6.30. The van der Waals surface area contributed by atoms with Crippen LogP contribution in [0.2, 0.25) is 5.02 Å². The molecule has 1 rings (SSSR count). The van der Waals surface area contributed by atoms with Crippen LogP contribution in [0.5, 0.6) is 5.75 Å². The highest BCUT2D eigenvalue weighted by Gasteiger charge is 2.08. The van der Waals surface area contributed by atoms with Crippen molar-refractivity contribution in [2.24, 2.45) is 0 Å². The molecule has 1 N–H and O–H groups in total. The minimum Gasteiger partial charge on any atom is -0.481 e. The molecule has 8 nitrogen and oxygen atoms in total. The second kappa shape index (κ2) is 14.5. The number of carbonyl (C=O) groups excluding carboxylic acids is 3.